The summed E-state index contributed by atoms with van der Waals surface area (Å²) in [4.78, 5) is 14.4. The van der Waals surface area contributed by atoms with Gasteiger partial charge in [-0.1, -0.05) is 0 Å². The third-order valence-electron chi connectivity index (χ3n) is 5.22. The van der Waals surface area contributed by atoms with E-state index in [-0.39, 0.29) is 24.5 Å². The lowest BCUT2D eigenvalue weighted by Crippen LogP contribution is -2.17. The van der Waals surface area contributed by atoms with Crippen LogP contribution in [0.5, 0.6) is 11.5 Å². The molecule has 1 aliphatic rings. The number of aliphatic carboxylic acids is 1. The van der Waals surface area contributed by atoms with Gasteiger partial charge in [0.2, 0.25) is 0 Å². The molecule has 1 heterocycles. The van der Waals surface area contributed by atoms with Gasteiger partial charge in [-0.3, -0.25) is 4.79 Å². The molecule has 1 aromatic heterocycles. The zero-order valence-electron chi connectivity index (χ0n) is 16.1. The number of halogens is 3. The first-order valence-corrected chi connectivity index (χ1v) is 9.51. The van der Waals surface area contributed by atoms with Crippen LogP contribution >= 0.6 is 0 Å². The van der Waals surface area contributed by atoms with Crippen molar-refractivity contribution in [1.29, 1.82) is 5.26 Å². The average Bonchev–Trinajstić information content (AvgIpc) is 3.24. The summed E-state index contributed by atoms with van der Waals surface area (Å²) < 4.78 is 47.2. The fourth-order valence-electron chi connectivity index (χ4n) is 4.00. The summed E-state index contributed by atoms with van der Waals surface area (Å²) in [5.41, 5.74) is 3.27. The molecule has 0 amide bonds. The van der Waals surface area contributed by atoms with Crippen molar-refractivity contribution in [3.8, 4) is 17.6 Å². The maximum absolute atomic E-state index is 12.5. The van der Waals surface area contributed by atoms with Gasteiger partial charge in [0.05, 0.1) is 18.1 Å². The molecule has 160 valence electrons. The molecule has 0 bridgehead atoms. The minimum Gasteiger partial charge on any atom is -0.489 e. The molecule has 4 rings (SSSR count). The molecule has 3 aromatic rings. The number of alkyl halides is 3. The molecule has 2 N–H and O–H groups in total. The second-order valence-electron chi connectivity index (χ2n) is 7.37. The van der Waals surface area contributed by atoms with Crippen molar-refractivity contribution < 1.29 is 32.5 Å². The number of carboxylic acids is 1. The molecule has 0 spiro atoms. The van der Waals surface area contributed by atoms with Crippen molar-refractivity contribution >= 4 is 16.9 Å². The van der Waals surface area contributed by atoms with E-state index in [1.54, 1.807) is 6.07 Å². The van der Waals surface area contributed by atoms with E-state index >= 15 is 0 Å². The number of hydrogen-bond acceptors (Lipinski definition) is 4. The number of nitrogens with one attached hydrogen (secondary N) is 1. The van der Waals surface area contributed by atoms with Crippen molar-refractivity contribution in [2.24, 2.45) is 0 Å². The van der Waals surface area contributed by atoms with Gasteiger partial charge in [-0.15, -0.1) is 13.2 Å². The van der Waals surface area contributed by atoms with Crippen LogP contribution < -0.4 is 9.47 Å². The van der Waals surface area contributed by atoms with Crippen LogP contribution in [-0.2, 0) is 17.8 Å². The smallest absolute Gasteiger partial charge is 0.489 e. The molecule has 2 aromatic carbocycles. The topological polar surface area (TPSA) is 95.3 Å². The van der Waals surface area contributed by atoms with E-state index in [2.05, 4.69) is 9.72 Å². The highest BCUT2D eigenvalue weighted by Gasteiger charge is 2.31. The first-order valence-electron chi connectivity index (χ1n) is 9.51. The number of hydrogen-bond donors (Lipinski definition) is 2. The molecule has 0 saturated heterocycles. The van der Waals surface area contributed by atoms with E-state index in [0.29, 0.717) is 11.3 Å². The Balaban J connectivity index is 1.54. The highest BCUT2D eigenvalue weighted by Crippen LogP contribution is 2.40. The Morgan fingerprint density at radius 1 is 1.23 bits per heavy atom. The Kier molecular flexibility index (Phi) is 5.23. The summed E-state index contributed by atoms with van der Waals surface area (Å²) in [5, 5.41) is 19.1. The molecule has 0 fully saturated rings. The van der Waals surface area contributed by atoms with Crippen LogP contribution in [0.1, 0.15) is 41.1 Å². The van der Waals surface area contributed by atoms with E-state index in [4.69, 9.17) is 15.1 Å². The number of carbonyl (C=O) groups is 1. The van der Waals surface area contributed by atoms with Crippen molar-refractivity contribution in [2.45, 2.75) is 38.1 Å². The second kappa shape index (κ2) is 7.87. The summed E-state index contributed by atoms with van der Waals surface area (Å²) >= 11 is 0. The summed E-state index contributed by atoms with van der Waals surface area (Å²) in [5.74, 6) is -0.857. The molecule has 1 unspecified atom stereocenters. The van der Waals surface area contributed by atoms with Crippen LogP contribution in [0.2, 0.25) is 0 Å². The lowest BCUT2D eigenvalue weighted by Gasteiger charge is -2.12. The molecule has 0 saturated carbocycles. The van der Waals surface area contributed by atoms with Gasteiger partial charge in [-0.25, -0.2) is 0 Å². The summed E-state index contributed by atoms with van der Waals surface area (Å²) in [7, 11) is 0. The minimum atomic E-state index is -4.86. The van der Waals surface area contributed by atoms with Gasteiger partial charge in [0.25, 0.3) is 0 Å². The Bertz CT molecular complexity index is 1190. The maximum Gasteiger partial charge on any atom is 0.573 e. The third-order valence-corrected chi connectivity index (χ3v) is 5.22. The van der Waals surface area contributed by atoms with Gasteiger partial charge >= 0.3 is 12.3 Å². The number of ether oxygens (including phenoxy) is 2. The third kappa shape index (κ3) is 4.58. The van der Waals surface area contributed by atoms with Crippen LogP contribution in [0.25, 0.3) is 10.9 Å². The van der Waals surface area contributed by atoms with Crippen LogP contribution in [0.15, 0.2) is 36.4 Å². The largest absolute Gasteiger partial charge is 0.573 e. The number of nitrogens with zero attached hydrogens (tertiary/aromatic N) is 1. The van der Waals surface area contributed by atoms with Gasteiger partial charge in [-0.2, -0.15) is 5.26 Å². The molecular weight excluding hydrogens is 413 g/mol. The monoisotopic (exact) mass is 430 g/mol. The highest BCUT2D eigenvalue weighted by molar-refractivity contribution is 5.87. The van der Waals surface area contributed by atoms with Crippen LogP contribution in [0.4, 0.5) is 13.2 Å². The van der Waals surface area contributed by atoms with Crippen LogP contribution in [0.3, 0.4) is 0 Å². The minimum absolute atomic E-state index is 0.0312. The fourth-order valence-corrected chi connectivity index (χ4v) is 4.00. The highest BCUT2D eigenvalue weighted by atomic mass is 19.4. The van der Waals surface area contributed by atoms with Gasteiger partial charge < -0.3 is 19.6 Å². The van der Waals surface area contributed by atoms with E-state index in [1.165, 1.54) is 12.1 Å². The van der Waals surface area contributed by atoms with E-state index < -0.39 is 18.1 Å². The SMILES string of the molecule is N#Cc1cc(COc2ccc3[nH]c4c(c3c2)CCC4CC(=O)O)cc(OC(F)(F)F)c1. The number of aromatic nitrogens is 1. The first-order chi connectivity index (χ1) is 14.7. The second-order valence-corrected chi connectivity index (χ2v) is 7.37. The number of carboxylic acid groups (broad SMARTS) is 1. The van der Waals surface area contributed by atoms with Gasteiger partial charge in [0, 0.05) is 22.5 Å². The van der Waals surface area contributed by atoms with Gasteiger partial charge in [0.15, 0.2) is 0 Å². The van der Waals surface area contributed by atoms with E-state index in [0.717, 1.165) is 41.1 Å². The molecule has 6 nitrogen and oxygen atoms in total. The maximum atomic E-state index is 12.5. The molecule has 1 aliphatic carbocycles. The van der Waals surface area contributed by atoms with Gasteiger partial charge in [0.1, 0.15) is 18.1 Å². The Labute approximate surface area is 174 Å². The summed E-state index contributed by atoms with van der Waals surface area (Å²) in [6.45, 7) is -0.0521. The molecule has 1 atom stereocenters. The predicted octanol–water partition coefficient (Wildman–Crippen LogP) is 5.02. The van der Waals surface area contributed by atoms with Crippen LogP contribution in [-0.4, -0.2) is 22.4 Å². The Morgan fingerprint density at radius 3 is 2.74 bits per heavy atom. The van der Waals surface area contributed by atoms with Crippen molar-refractivity contribution in [3.63, 3.8) is 0 Å². The number of fused-ring (bicyclic) bond motifs is 3. The normalized spacial score (nSPS) is 15.5. The van der Waals surface area contributed by atoms with Crippen LogP contribution in [0, 0.1) is 11.3 Å². The number of nitriles is 1. The number of aromatic amines is 1. The van der Waals surface area contributed by atoms with E-state index in [9.17, 15) is 18.0 Å². The zero-order chi connectivity index (χ0) is 22.2. The van der Waals surface area contributed by atoms with E-state index in [1.807, 2.05) is 18.2 Å². The molecule has 9 heteroatoms. The lowest BCUT2D eigenvalue weighted by molar-refractivity contribution is -0.274. The lowest BCUT2D eigenvalue weighted by atomic mass is 10.0. The standard InChI is InChI=1S/C22H17F3N2O4/c23-22(24,25)31-16-6-12(10-26)5-13(7-16)11-30-15-2-4-19-18(9-15)17-3-1-14(8-20(28)29)21(17)27-19/h2,4-7,9,14,27H,1,3,8,11H2,(H,28,29). The predicted molar refractivity (Wildman–Crippen MR) is 104 cm³/mol. The van der Waals surface area contributed by atoms with Crippen molar-refractivity contribution in [2.75, 3.05) is 0 Å². The fraction of sp³-hybridized carbons (Fsp3) is 0.273. The van der Waals surface area contributed by atoms with Crippen molar-refractivity contribution in [3.05, 3.63) is 58.8 Å². The number of benzene rings is 2. The number of rotatable bonds is 6. The zero-order valence-corrected chi connectivity index (χ0v) is 16.1. The Morgan fingerprint density at radius 2 is 2.03 bits per heavy atom. The van der Waals surface area contributed by atoms with Gasteiger partial charge in [-0.05, 0) is 60.4 Å². The summed E-state index contributed by atoms with van der Waals surface area (Å²) in [6, 6.07) is 10.8. The van der Waals surface area contributed by atoms with Crippen molar-refractivity contribution in [1.82, 2.24) is 4.98 Å². The molecule has 31 heavy (non-hydrogen) atoms. The average molecular weight is 430 g/mol. The molecule has 0 aliphatic heterocycles. The number of aryl methyl sites for hydroxylation is 1. The Hall–Kier alpha value is -3.67. The first kappa shape index (κ1) is 20.6. The molecular formula is C22H17F3N2O4. The number of H-pyrrole nitrogens is 1. The summed E-state index contributed by atoms with van der Waals surface area (Å²) in [6.07, 6.45) is -3.26. The molecule has 0 radical (unpaired) electrons. The quantitative estimate of drug-likeness (QED) is 0.573.